The Hall–Kier alpha value is -2.77. The van der Waals surface area contributed by atoms with Crippen LogP contribution in [0.3, 0.4) is 0 Å². The summed E-state index contributed by atoms with van der Waals surface area (Å²) < 4.78 is 9.68. The quantitative estimate of drug-likeness (QED) is 0.614. The molecular formula is C23H26N4O2S. The number of benzene rings is 1. The van der Waals surface area contributed by atoms with Gasteiger partial charge in [0.25, 0.3) is 5.91 Å². The first-order chi connectivity index (χ1) is 14.6. The van der Waals surface area contributed by atoms with Crippen molar-refractivity contribution in [1.29, 1.82) is 0 Å². The summed E-state index contributed by atoms with van der Waals surface area (Å²) in [6, 6.07) is 11.8. The van der Waals surface area contributed by atoms with Crippen molar-refractivity contribution in [1.82, 2.24) is 19.2 Å². The lowest BCUT2D eigenvalue weighted by Gasteiger charge is -2.27. The molecule has 0 bridgehead atoms. The summed E-state index contributed by atoms with van der Waals surface area (Å²) in [4.78, 5) is 18.2. The van der Waals surface area contributed by atoms with Crippen molar-refractivity contribution in [3.63, 3.8) is 0 Å². The number of hydrogen-bond acceptors (Lipinski definition) is 5. The van der Waals surface area contributed by atoms with E-state index in [9.17, 15) is 4.79 Å². The third-order valence-corrected chi connectivity index (χ3v) is 6.74. The molecule has 1 amide bonds. The lowest BCUT2D eigenvalue weighted by Crippen LogP contribution is -2.25. The summed E-state index contributed by atoms with van der Waals surface area (Å²) >= 11 is 1.72. The number of carbonyl (C=O) groups excluding carboxylic acids is 1. The minimum atomic E-state index is -0.0894. The summed E-state index contributed by atoms with van der Waals surface area (Å²) in [5.41, 5.74) is 5.35. The maximum absolute atomic E-state index is 12.9. The minimum Gasteiger partial charge on any atom is -0.496 e. The first kappa shape index (κ1) is 20.5. The van der Waals surface area contributed by atoms with Gasteiger partial charge in [-0.1, -0.05) is 18.2 Å². The van der Waals surface area contributed by atoms with E-state index in [2.05, 4.69) is 27.6 Å². The van der Waals surface area contributed by atoms with E-state index in [1.165, 1.54) is 11.1 Å². The van der Waals surface area contributed by atoms with Gasteiger partial charge in [0.05, 0.1) is 7.11 Å². The molecule has 30 heavy (non-hydrogen) atoms. The average molecular weight is 423 g/mol. The molecule has 4 rings (SSSR count). The number of hydrogen-bond donors (Lipinski definition) is 1. The standard InChI is InChI=1S/C23H26N4O2S/c1-16-22(30-27-11-9-17-13-24-10-8-19(17)15-27)12-20(26(16)2)23(28)25-14-18-6-4-5-7-21(18)29-3/h4-8,10,12-13H,9,11,14-15H2,1-3H3,(H,25,28). The number of fused-ring (bicyclic) bond motifs is 1. The molecule has 0 saturated heterocycles. The van der Waals surface area contributed by atoms with Crippen LogP contribution in [0.5, 0.6) is 5.75 Å². The van der Waals surface area contributed by atoms with Gasteiger partial charge in [-0.05, 0) is 54.6 Å². The number of nitrogens with zero attached hydrogens (tertiary/aromatic N) is 3. The molecule has 1 aliphatic rings. The molecule has 0 aliphatic carbocycles. The Labute approximate surface area is 181 Å². The van der Waals surface area contributed by atoms with E-state index in [1.54, 1.807) is 19.1 Å². The van der Waals surface area contributed by atoms with Crippen molar-refractivity contribution < 1.29 is 9.53 Å². The number of aromatic nitrogens is 2. The fourth-order valence-corrected chi connectivity index (χ4v) is 4.76. The van der Waals surface area contributed by atoms with E-state index < -0.39 is 0 Å². The van der Waals surface area contributed by atoms with Gasteiger partial charge in [0.15, 0.2) is 0 Å². The molecule has 0 atom stereocenters. The normalized spacial score (nSPS) is 13.7. The molecule has 1 N–H and O–H groups in total. The second-order valence-corrected chi connectivity index (χ2v) is 8.52. The van der Waals surface area contributed by atoms with Crippen molar-refractivity contribution in [3.05, 3.63) is 76.9 Å². The van der Waals surface area contributed by atoms with Crippen LogP contribution in [-0.4, -0.2) is 33.4 Å². The number of nitrogens with one attached hydrogen (secondary N) is 1. The number of ether oxygens (including phenoxy) is 1. The summed E-state index contributed by atoms with van der Waals surface area (Å²) in [7, 11) is 3.58. The second kappa shape index (κ2) is 8.93. The van der Waals surface area contributed by atoms with Gasteiger partial charge in [-0.15, -0.1) is 0 Å². The number of amides is 1. The van der Waals surface area contributed by atoms with Crippen molar-refractivity contribution in [3.8, 4) is 5.75 Å². The van der Waals surface area contributed by atoms with Gasteiger partial charge in [0.1, 0.15) is 11.4 Å². The molecule has 6 nitrogen and oxygen atoms in total. The lowest BCUT2D eigenvalue weighted by atomic mass is 10.0. The zero-order chi connectivity index (χ0) is 21.1. The summed E-state index contributed by atoms with van der Waals surface area (Å²) in [5.74, 6) is 0.686. The SMILES string of the molecule is COc1ccccc1CNC(=O)c1cc(SN2CCc3cnccc3C2)c(C)n1C. The third-order valence-electron chi connectivity index (χ3n) is 5.56. The Bertz CT molecular complexity index is 1060. The highest BCUT2D eigenvalue weighted by Gasteiger charge is 2.21. The van der Waals surface area contributed by atoms with Crippen molar-refractivity contribution in [2.24, 2.45) is 7.05 Å². The van der Waals surface area contributed by atoms with Crippen LogP contribution in [0.15, 0.2) is 53.7 Å². The predicted octanol–water partition coefficient (Wildman–Crippen LogP) is 3.73. The van der Waals surface area contributed by atoms with Crippen LogP contribution in [0.25, 0.3) is 0 Å². The van der Waals surface area contributed by atoms with Gasteiger partial charge >= 0.3 is 0 Å². The van der Waals surface area contributed by atoms with Crippen LogP contribution >= 0.6 is 11.9 Å². The average Bonchev–Trinajstić information content (AvgIpc) is 3.06. The molecule has 156 valence electrons. The highest BCUT2D eigenvalue weighted by atomic mass is 32.2. The molecule has 0 radical (unpaired) electrons. The molecular weight excluding hydrogens is 396 g/mol. The molecule has 0 saturated carbocycles. The van der Waals surface area contributed by atoms with E-state index >= 15 is 0 Å². The molecule has 7 heteroatoms. The molecule has 1 aromatic carbocycles. The van der Waals surface area contributed by atoms with Gasteiger partial charge in [-0.2, -0.15) is 0 Å². The lowest BCUT2D eigenvalue weighted by molar-refractivity contribution is 0.0942. The predicted molar refractivity (Wildman–Crippen MR) is 119 cm³/mol. The van der Waals surface area contributed by atoms with E-state index in [1.807, 2.05) is 54.3 Å². The largest absolute Gasteiger partial charge is 0.496 e. The zero-order valence-electron chi connectivity index (χ0n) is 17.5. The maximum atomic E-state index is 12.9. The Morgan fingerprint density at radius 2 is 2.10 bits per heavy atom. The molecule has 1 aliphatic heterocycles. The van der Waals surface area contributed by atoms with Crippen LogP contribution in [0.4, 0.5) is 0 Å². The number of carbonyl (C=O) groups is 1. The van der Waals surface area contributed by atoms with Crippen molar-refractivity contribution >= 4 is 17.9 Å². The van der Waals surface area contributed by atoms with Gasteiger partial charge in [0.2, 0.25) is 0 Å². The Balaban J connectivity index is 1.44. The number of para-hydroxylation sites is 1. The highest BCUT2D eigenvalue weighted by molar-refractivity contribution is 7.97. The van der Waals surface area contributed by atoms with Crippen LogP contribution in [0.1, 0.15) is 32.9 Å². The van der Waals surface area contributed by atoms with Crippen LogP contribution in [-0.2, 0) is 26.6 Å². The van der Waals surface area contributed by atoms with Crippen molar-refractivity contribution in [2.75, 3.05) is 13.7 Å². The maximum Gasteiger partial charge on any atom is 0.268 e. The summed E-state index contributed by atoms with van der Waals surface area (Å²) in [5, 5.41) is 3.02. The first-order valence-corrected chi connectivity index (χ1v) is 10.7. The molecule has 3 heterocycles. The van der Waals surface area contributed by atoms with Gasteiger partial charge in [-0.3, -0.25) is 9.78 Å². The monoisotopic (exact) mass is 422 g/mol. The van der Waals surface area contributed by atoms with Gasteiger partial charge in [0, 0.05) is 55.2 Å². The fourth-order valence-electron chi connectivity index (χ4n) is 3.66. The molecule has 0 unspecified atom stereocenters. The number of methoxy groups -OCH3 is 1. The minimum absolute atomic E-state index is 0.0894. The van der Waals surface area contributed by atoms with E-state index in [-0.39, 0.29) is 5.91 Å². The molecule has 2 aromatic heterocycles. The molecule has 0 fully saturated rings. The van der Waals surface area contributed by atoms with E-state index in [0.717, 1.165) is 41.4 Å². The van der Waals surface area contributed by atoms with Gasteiger partial charge < -0.3 is 14.6 Å². The molecule has 0 spiro atoms. The fraction of sp³-hybridized carbons (Fsp3) is 0.304. The Morgan fingerprint density at radius 3 is 2.93 bits per heavy atom. The van der Waals surface area contributed by atoms with Gasteiger partial charge in [-0.25, -0.2) is 4.31 Å². The smallest absolute Gasteiger partial charge is 0.268 e. The van der Waals surface area contributed by atoms with Crippen LogP contribution in [0, 0.1) is 6.92 Å². The second-order valence-electron chi connectivity index (χ2n) is 7.38. The number of rotatable bonds is 6. The topological polar surface area (TPSA) is 59.4 Å². The first-order valence-electron chi connectivity index (χ1n) is 9.98. The third kappa shape index (κ3) is 4.22. The Kier molecular flexibility index (Phi) is 6.11. The Morgan fingerprint density at radius 1 is 1.27 bits per heavy atom. The molecule has 3 aromatic rings. The number of pyridine rings is 1. The summed E-state index contributed by atoms with van der Waals surface area (Å²) in [6.07, 6.45) is 4.81. The van der Waals surface area contributed by atoms with Crippen LogP contribution < -0.4 is 10.1 Å². The summed E-state index contributed by atoms with van der Waals surface area (Å²) in [6.45, 7) is 4.33. The van der Waals surface area contributed by atoms with Crippen LogP contribution in [0.2, 0.25) is 0 Å². The highest BCUT2D eigenvalue weighted by Crippen LogP contribution is 2.32. The van der Waals surface area contributed by atoms with Crippen molar-refractivity contribution in [2.45, 2.75) is 31.3 Å². The van der Waals surface area contributed by atoms with E-state index in [4.69, 9.17) is 4.74 Å². The van der Waals surface area contributed by atoms with E-state index in [0.29, 0.717) is 12.2 Å². The zero-order valence-corrected chi connectivity index (χ0v) is 18.3.